The summed E-state index contributed by atoms with van der Waals surface area (Å²) >= 11 is 0. The van der Waals surface area contributed by atoms with Gasteiger partial charge in [-0.25, -0.2) is 0 Å². The molecular weight excluding hydrogens is 228 g/mol. The van der Waals surface area contributed by atoms with Crippen molar-refractivity contribution in [1.29, 1.82) is 0 Å². The molecule has 106 valence electrons. The SMILES string of the molecule is CCN(CC)C(=O)C(C)OC1CCCCC1CN. The number of hydrogen-bond donors (Lipinski definition) is 1. The van der Waals surface area contributed by atoms with Crippen molar-refractivity contribution in [2.24, 2.45) is 11.7 Å². The lowest BCUT2D eigenvalue weighted by molar-refractivity contribution is -0.149. The molecular formula is C14H28N2O2. The summed E-state index contributed by atoms with van der Waals surface area (Å²) in [6, 6.07) is 0. The van der Waals surface area contributed by atoms with Gasteiger partial charge >= 0.3 is 0 Å². The third kappa shape index (κ3) is 3.95. The van der Waals surface area contributed by atoms with Crippen molar-refractivity contribution < 1.29 is 9.53 Å². The van der Waals surface area contributed by atoms with Crippen molar-refractivity contribution >= 4 is 5.91 Å². The summed E-state index contributed by atoms with van der Waals surface area (Å²) in [4.78, 5) is 14.0. The number of hydrogen-bond acceptors (Lipinski definition) is 3. The molecule has 4 nitrogen and oxygen atoms in total. The Hall–Kier alpha value is -0.610. The van der Waals surface area contributed by atoms with Crippen LogP contribution in [0.15, 0.2) is 0 Å². The zero-order valence-electron chi connectivity index (χ0n) is 12.0. The fraction of sp³-hybridized carbons (Fsp3) is 0.929. The number of likely N-dealkylation sites (N-methyl/N-ethyl adjacent to an activating group) is 1. The molecule has 0 aromatic rings. The Morgan fingerprint density at radius 2 is 1.94 bits per heavy atom. The first-order chi connectivity index (χ1) is 8.63. The average Bonchev–Trinajstić information content (AvgIpc) is 2.40. The summed E-state index contributed by atoms with van der Waals surface area (Å²) in [5.74, 6) is 0.520. The van der Waals surface area contributed by atoms with Crippen LogP contribution in [0.3, 0.4) is 0 Å². The highest BCUT2D eigenvalue weighted by molar-refractivity contribution is 5.80. The first-order valence-corrected chi connectivity index (χ1v) is 7.28. The van der Waals surface area contributed by atoms with Crippen LogP contribution in [0.5, 0.6) is 0 Å². The van der Waals surface area contributed by atoms with Gasteiger partial charge in [-0.15, -0.1) is 0 Å². The largest absolute Gasteiger partial charge is 0.365 e. The number of carbonyl (C=O) groups excluding carboxylic acids is 1. The van der Waals surface area contributed by atoms with Crippen LogP contribution in [0.25, 0.3) is 0 Å². The van der Waals surface area contributed by atoms with Crippen molar-refractivity contribution in [3.8, 4) is 0 Å². The molecule has 0 radical (unpaired) electrons. The normalized spacial score (nSPS) is 25.8. The monoisotopic (exact) mass is 256 g/mol. The predicted molar refractivity (Wildman–Crippen MR) is 73.3 cm³/mol. The maximum absolute atomic E-state index is 12.1. The number of carbonyl (C=O) groups is 1. The quantitative estimate of drug-likeness (QED) is 0.788. The Morgan fingerprint density at radius 3 is 2.50 bits per heavy atom. The van der Waals surface area contributed by atoms with E-state index in [0.29, 0.717) is 12.5 Å². The van der Waals surface area contributed by atoms with Gasteiger partial charge in [0.05, 0.1) is 6.10 Å². The Labute approximate surface area is 111 Å². The van der Waals surface area contributed by atoms with E-state index in [1.165, 1.54) is 12.8 Å². The molecule has 1 saturated carbocycles. The van der Waals surface area contributed by atoms with Crippen molar-refractivity contribution in [2.45, 2.75) is 58.7 Å². The van der Waals surface area contributed by atoms with E-state index in [9.17, 15) is 4.79 Å². The first kappa shape index (κ1) is 15.4. The number of nitrogens with two attached hydrogens (primary N) is 1. The molecule has 18 heavy (non-hydrogen) atoms. The zero-order valence-corrected chi connectivity index (χ0v) is 12.0. The van der Waals surface area contributed by atoms with E-state index >= 15 is 0 Å². The topological polar surface area (TPSA) is 55.6 Å². The second kappa shape index (κ2) is 7.74. The Morgan fingerprint density at radius 1 is 1.33 bits per heavy atom. The van der Waals surface area contributed by atoms with E-state index < -0.39 is 0 Å². The van der Waals surface area contributed by atoms with Gasteiger partial charge in [0.25, 0.3) is 5.91 Å². The van der Waals surface area contributed by atoms with Gasteiger partial charge in [-0.2, -0.15) is 0 Å². The standard InChI is InChI=1S/C14H28N2O2/c1-4-16(5-2)14(17)11(3)18-13-9-7-6-8-12(13)10-15/h11-13H,4-10,15H2,1-3H3. The van der Waals surface area contributed by atoms with E-state index in [2.05, 4.69) is 0 Å². The van der Waals surface area contributed by atoms with Crippen molar-refractivity contribution in [3.05, 3.63) is 0 Å². The van der Waals surface area contributed by atoms with E-state index in [4.69, 9.17) is 10.5 Å². The summed E-state index contributed by atoms with van der Waals surface area (Å²) in [5.41, 5.74) is 5.78. The number of nitrogens with zero attached hydrogens (tertiary/aromatic N) is 1. The van der Waals surface area contributed by atoms with Gasteiger partial charge in [0, 0.05) is 13.1 Å². The fourth-order valence-corrected chi connectivity index (χ4v) is 2.74. The fourth-order valence-electron chi connectivity index (χ4n) is 2.74. The summed E-state index contributed by atoms with van der Waals surface area (Å²) in [6.07, 6.45) is 4.42. The molecule has 0 spiro atoms. The van der Waals surface area contributed by atoms with Gasteiger partial charge in [-0.1, -0.05) is 12.8 Å². The Kier molecular flexibility index (Phi) is 6.65. The predicted octanol–water partition coefficient (Wildman–Crippen LogP) is 1.78. The second-order valence-electron chi connectivity index (χ2n) is 5.11. The van der Waals surface area contributed by atoms with E-state index in [1.54, 1.807) is 0 Å². The molecule has 0 saturated heterocycles. The van der Waals surface area contributed by atoms with E-state index in [-0.39, 0.29) is 18.1 Å². The Balaban J connectivity index is 2.51. The summed E-state index contributed by atoms with van der Waals surface area (Å²) < 4.78 is 5.97. The van der Waals surface area contributed by atoms with Gasteiger partial charge in [-0.05, 0) is 46.1 Å². The minimum Gasteiger partial charge on any atom is -0.365 e. The molecule has 3 unspecified atom stereocenters. The Bertz CT molecular complexity index is 254. The third-order valence-corrected chi connectivity index (χ3v) is 3.94. The lowest BCUT2D eigenvalue weighted by Crippen LogP contribution is -2.43. The van der Waals surface area contributed by atoms with Crippen molar-refractivity contribution in [2.75, 3.05) is 19.6 Å². The van der Waals surface area contributed by atoms with Crippen LogP contribution >= 0.6 is 0 Å². The molecule has 0 aromatic carbocycles. The smallest absolute Gasteiger partial charge is 0.251 e. The van der Waals surface area contributed by atoms with Crippen molar-refractivity contribution in [1.82, 2.24) is 4.90 Å². The van der Waals surface area contributed by atoms with Crippen LogP contribution in [0.4, 0.5) is 0 Å². The molecule has 4 heteroatoms. The molecule has 0 bridgehead atoms. The number of amides is 1. The van der Waals surface area contributed by atoms with Gasteiger partial charge in [0.2, 0.25) is 0 Å². The van der Waals surface area contributed by atoms with Gasteiger partial charge in [0.15, 0.2) is 0 Å². The number of rotatable bonds is 6. The molecule has 0 aromatic heterocycles. The van der Waals surface area contributed by atoms with Crippen LogP contribution in [-0.4, -0.2) is 42.6 Å². The van der Waals surface area contributed by atoms with Crippen LogP contribution < -0.4 is 5.73 Å². The molecule has 0 aliphatic heterocycles. The molecule has 0 heterocycles. The van der Waals surface area contributed by atoms with Crippen LogP contribution in [-0.2, 0) is 9.53 Å². The number of ether oxygens (including phenoxy) is 1. The summed E-state index contributed by atoms with van der Waals surface area (Å²) in [7, 11) is 0. The maximum atomic E-state index is 12.1. The van der Waals surface area contributed by atoms with Gasteiger partial charge < -0.3 is 15.4 Å². The lowest BCUT2D eigenvalue weighted by Gasteiger charge is -2.33. The molecule has 1 aliphatic rings. The third-order valence-electron chi connectivity index (χ3n) is 3.94. The highest BCUT2D eigenvalue weighted by Crippen LogP contribution is 2.27. The minimum absolute atomic E-state index is 0.0985. The van der Waals surface area contributed by atoms with E-state index in [0.717, 1.165) is 25.9 Å². The lowest BCUT2D eigenvalue weighted by atomic mass is 9.86. The molecule has 1 fully saturated rings. The van der Waals surface area contributed by atoms with Gasteiger partial charge in [-0.3, -0.25) is 4.79 Å². The van der Waals surface area contributed by atoms with Crippen molar-refractivity contribution in [3.63, 3.8) is 0 Å². The summed E-state index contributed by atoms with van der Waals surface area (Å²) in [6.45, 7) is 8.01. The molecule has 1 rings (SSSR count). The average molecular weight is 256 g/mol. The van der Waals surface area contributed by atoms with Gasteiger partial charge in [0.1, 0.15) is 6.10 Å². The van der Waals surface area contributed by atoms with Crippen LogP contribution in [0.1, 0.15) is 46.5 Å². The van der Waals surface area contributed by atoms with Crippen LogP contribution in [0, 0.1) is 5.92 Å². The molecule has 2 N–H and O–H groups in total. The molecule has 3 atom stereocenters. The van der Waals surface area contributed by atoms with E-state index in [1.807, 2.05) is 25.7 Å². The van der Waals surface area contributed by atoms with Crippen LogP contribution in [0.2, 0.25) is 0 Å². The summed E-state index contributed by atoms with van der Waals surface area (Å²) in [5, 5.41) is 0. The maximum Gasteiger partial charge on any atom is 0.251 e. The second-order valence-corrected chi connectivity index (χ2v) is 5.11. The first-order valence-electron chi connectivity index (χ1n) is 7.28. The molecule has 1 aliphatic carbocycles. The highest BCUT2D eigenvalue weighted by atomic mass is 16.5. The molecule has 1 amide bonds. The zero-order chi connectivity index (χ0) is 13.5. The highest BCUT2D eigenvalue weighted by Gasteiger charge is 2.29. The minimum atomic E-state index is -0.345.